The van der Waals surface area contributed by atoms with Crippen LogP contribution in [0.2, 0.25) is 0 Å². The summed E-state index contributed by atoms with van der Waals surface area (Å²) in [6.45, 7) is 1.92. The third kappa shape index (κ3) is 1.97. The largest absolute Gasteiger partial charge is 0.478 e. The quantitative estimate of drug-likeness (QED) is 0.602. The van der Waals surface area contributed by atoms with Gasteiger partial charge in [-0.1, -0.05) is 0 Å². The van der Waals surface area contributed by atoms with E-state index in [1.165, 1.54) is 18.2 Å². The molecule has 0 amide bonds. The molecule has 0 aliphatic carbocycles. The van der Waals surface area contributed by atoms with E-state index in [1.54, 1.807) is 4.57 Å². The summed E-state index contributed by atoms with van der Waals surface area (Å²) in [5.74, 6) is 4.77. The van der Waals surface area contributed by atoms with Gasteiger partial charge in [0, 0.05) is 6.04 Å². The highest BCUT2D eigenvalue weighted by Gasteiger charge is 2.25. The van der Waals surface area contributed by atoms with Crippen molar-refractivity contribution in [2.24, 2.45) is 10.9 Å². The second kappa shape index (κ2) is 4.69. The molecule has 1 aliphatic heterocycles. The Kier molecular flexibility index (Phi) is 2.97. The molecule has 3 rings (SSSR count). The van der Waals surface area contributed by atoms with E-state index in [1.807, 2.05) is 6.92 Å². The Balaban J connectivity index is 2.38. The van der Waals surface area contributed by atoms with E-state index in [4.69, 9.17) is 10.9 Å². The molecule has 108 valence electrons. The monoisotopic (exact) mass is 286 g/mol. The van der Waals surface area contributed by atoms with E-state index in [0.717, 1.165) is 6.42 Å². The van der Waals surface area contributed by atoms with Gasteiger partial charge in [-0.3, -0.25) is 9.36 Å². The highest BCUT2D eigenvalue weighted by atomic mass is 16.4. The first-order chi connectivity index (χ1) is 10.0. The van der Waals surface area contributed by atoms with Crippen molar-refractivity contribution in [3.05, 3.63) is 39.9 Å². The standard InChI is InChI=1S/C14H14N4O3/c1-7-2-4-11(17-15)12-16-10-5-3-8(14(20)21)6-9(10)13(19)18(7)12/h3,5-7H,2,4,15H2,1H3,(H,20,21). The van der Waals surface area contributed by atoms with Gasteiger partial charge in [0.05, 0.1) is 16.5 Å². The first kappa shape index (κ1) is 13.3. The van der Waals surface area contributed by atoms with Crippen LogP contribution in [0.5, 0.6) is 0 Å². The fourth-order valence-corrected chi connectivity index (χ4v) is 2.65. The summed E-state index contributed by atoms with van der Waals surface area (Å²) in [6.07, 6.45) is 1.41. The van der Waals surface area contributed by atoms with Crippen molar-refractivity contribution in [3.63, 3.8) is 0 Å². The molecule has 1 atom stereocenters. The van der Waals surface area contributed by atoms with Crippen LogP contribution in [-0.4, -0.2) is 26.3 Å². The van der Waals surface area contributed by atoms with Crippen LogP contribution in [0.1, 0.15) is 42.0 Å². The molecule has 7 nitrogen and oxygen atoms in total. The molecule has 21 heavy (non-hydrogen) atoms. The third-order valence-electron chi connectivity index (χ3n) is 3.80. The van der Waals surface area contributed by atoms with Crippen molar-refractivity contribution in [1.29, 1.82) is 0 Å². The first-order valence-electron chi connectivity index (χ1n) is 6.59. The van der Waals surface area contributed by atoms with Crippen LogP contribution in [-0.2, 0) is 0 Å². The van der Waals surface area contributed by atoms with Gasteiger partial charge >= 0.3 is 5.97 Å². The molecule has 0 saturated carbocycles. The van der Waals surface area contributed by atoms with Crippen LogP contribution >= 0.6 is 0 Å². The van der Waals surface area contributed by atoms with E-state index < -0.39 is 5.97 Å². The van der Waals surface area contributed by atoms with Crippen LogP contribution in [0.25, 0.3) is 10.9 Å². The van der Waals surface area contributed by atoms with Crippen LogP contribution in [0.4, 0.5) is 0 Å². The molecule has 0 spiro atoms. The number of benzene rings is 1. The molecule has 0 fully saturated rings. The van der Waals surface area contributed by atoms with Crippen molar-refractivity contribution >= 4 is 22.6 Å². The summed E-state index contributed by atoms with van der Waals surface area (Å²) in [5, 5.41) is 13.1. The van der Waals surface area contributed by atoms with Gasteiger partial charge in [-0.2, -0.15) is 5.10 Å². The molecule has 2 aromatic rings. The molecule has 1 unspecified atom stereocenters. The lowest BCUT2D eigenvalue weighted by atomic mass is 10.0. The zero-order valence-corrected chi connectivity index (χ0v) is 11.4. The Morgan fingerprint density at radius 2 is 2.29 bits per heavy atom. The van der Waals surface area contributed by atoms with Gasteiger partial charge in [0.15, 0.2) is 5.82 Å². The van der Waals surface area contributed by atoms with Crippen molar-refractivity contribution < 1.29 is 9.90 Å². The first-order valence-corrected chi connectivity index (χ1v) is 6.59. The maximum Gasteiger partial charge on any atom is 0.335 e. The number of carbonyl (C=O) groups is 1. The lowest BCUT2D eigenvalue weighted by Crippen LogP contribution is -2.34. The summed E-state index contributed by atoms with van der Waals surface area (Å²) >= 11 is 0. The van der Waals surface area contributed by atoms with Crippen LogP contribution in [0, 0.1) is 0 Å². The number of nitrogens with two attached hydrogens (primary N) is 1. The smallest absolute Gasteiger partial charge is 0.335 e. The lowest BCUT2D eigenvalue weighted by molar-refractivity contribution is 0.0697. The molecule has 1 aromatic heterocycles. The maximum atomic E-state index is 12.7. The summed E-state index contributed by atoms with van der Waals surface area (Å²) in [5.41, 5.74) is 0.852. The second-order valence-corrected chi connectivity index (χ2v) is 5.11. The predicted molar refractivity (Wildman–Crippen MR) is 77.6 cm³/mol. The number of hydrazone groups is 1. The van der Waals surface area contributed by atoms with E-state index >= 15 is 0 Å². The average Bonchev–Trinajstić information content (AvgIpc) is 2.47. The van der Waals surface area contributed by atoms with Crippen molar-refractivity contribution in [1.82, 2.24) is 9.55 Å². The van der Waals surface area contributed by atoms with Crippen LogP contribution in [0.3, 0.4) is 0 Å². The Morgan fingerprint density at radius 3 is 2.95 bits per heavy atom. The minimum absolute atomic E-state index is 0.0246. The van der Waals surface area contributed by atoms with Crippen molar-refractivity contribution in [2.75, 3.05) is 0 Å². The van der Waals surface area contributed by atoms with Gasteiger partial charge < -0.3 is 10.9 Å². The molecule has 0 saturated heterocycles. The molecule has 1 aliphatic rings. The second-order valence-electron chi connectivity index (χ2n) is 5.11. The van der Waals surface area contributed by atoms with Crippen molar-refractivity contribution in [2.45, 2.75) is 25.8 Å². The van der Waals surface area contributed by atoms with Gasteiger partial charge in [0.2, 0.25) is 0 Å². The number of nitrogens with zero attached hydrogens (tertiary/aromatic N) is 3. The zero-order chi connectivity index (χ0) is 15.1. The number of hydrogen-bond acceptors (Lipinski definition) is 5. The average molecular weight is 286 g/mol. The molecular weight excluding hydrogens is 272 g/mol. The topological polar surface area (TPSA) is 111 Å². The molecule has 0 bridgehead atoms. The van der Waals surface area contributed by atoms with E-state index in [0.29, 0.717) is 28.9 Å². The minimum Gasteiger partial charge on any atom is -0.478 e. The summed E-state index contributed by atoms with van der Waals surface area (Å²) in [7, 11) is 0. The van der Waals surface area contributed by atoms with Crippen LogP contribution in [0.15, 0.2) is 28.1 Å². The number of aromatic nitrogens is 2. The Morgan fingerprint density at radius 1 is 1.52 bits per heavy atom. The fraction of sp³-hybridized carbons (Fsp3) is 0.286. The van der Waals surface area contributed by atoms with Gasteiger partial charge in [0.25, 0.3) is 5.56 Å². The summed E-state index contributed by atoms with van der Waals surface area (Å²) in [6, 6.07) is 4.30. The molecule has 7 heteroatoms. The van der Waals surface area contributed by atoms with E-state index in [2.05, 4.69) is 10.1 Å². The van der Waals surface area contributed by atoms with Gasteiger partial charge in [-0.15, -0.1) is 0 Å². The molecule has 2 heterocycles. The Labute approximate surface area is 119 Å². The Hall–Kier alpha value is -2.70. The van der Waals surface area contributed by atoms with Gasteiger partial charge in [-0.05, 0) is 38.0 Å². The van der Waals surface area contributed by atoms with Gasteiger partial charge in [0.1, 0.15) is 5.71 Å². The van der Waals surface area contributed by atoms with Crippen molar-refractivity contribution in [3.8, 4) is 0 Å². The van der Waals surface area contributed by atoms with Gasteiger partial charge in [-0.25, -0.2) is 9.78 Å². The number of carboxylic acid groups (broad SMARTS) is 1. The lowest BCUT2D eigenvalue weighted by Gasteiger charge is -2.25. The fourth-order valence-electron chi connectivity index (χ4n) is 2.65. The highest BCUT2D eigenvalue weighted by molar-refractivity contribution is 6.00. The third-order valence-corrected chi connectivity index (χ3v) is 3.80. The summed E-state index contributed by atoms with van der Waals surface area (Å²) in [4.78, 5) is 28.1. The molecule has 3 N–H and O–H groups in total. The number of carboxylic acids is 1. The number of fused-ring (bicyclic) bond motifs is 2. The number of aromatic carboxylic acids is 1. The summed E-state index contributed by atoms with van der Waals surface area (Å²) < 4.78 is 1.54. The normalized spacial score (nSPS) is 19.7. The highest BCUT2D eigenvalue weighted by Crippen LogP contribution is 2.23. The van der Waals surface area contributed by atoms with E-state index in [9.17, 15) is 9.59 Å². The maximum absolute atomic E-state index is 12.7. The number of rotatable bonds is 1. The predicted octanol–water partition coefficient (Wildman–Crippen LogP) is 1.11. The van der Waals surface area contributed by atoms with E-state index in [-0.39, 0.29) is 17.2 Å². The molecule has 1 aromatic carbocycles. The zero-order valence-electron chi connectivity index (χ0n) is 11.4. The molecular formula is C14H14N4O3. The SMILES string of the molecule is CC1CCC(=NN)c2nc3ccc(C(=O)O)cc3c(=O)n21. The van der Waals surface area contributed by atoms with Crippen LogP contribution < -0.4 is 11.4 Å². The number of hydrogen-bond donors (Lipinski definition) is 2. The minimum atomic E-state index is -1.07. The Bertz CT molecular complexity index is 838. The molecule has 0 radical (unpaired) electrons.